The molecule has 0 unspecified atom stereocenters. The van der Waals surface area contributed by atoms with Gasteiger partial charge in [0, 0.05) is 24.7 Å². The third kappa shape index (κ3) is 5.58. The molecule has 0 spiro atoms. The summed E-state index contributed by atoms with van der Waals surface area (Å²) in [7, 11) is 0. The Kier molecular flexibility index (Phi) is 6.48. The number of anilines is 1. The van der Waals surface area contributed by atoms with Crippen LogP contribution >= 0.6 is 0 Å². The summed E-state index contributed by atoms with van der Waals surface area (Å²) in [6.07, 6.45) is 12.3. The van der Waals surface area contributed by atoms with Gasteiger partial charge in [-0.1, -0.05) is 44.9 Å². The Morgan fingerprint density at radius 1 is 1.16 bits per heavy atom. The van der Waals surface area contributed by atoms with Crippen LogP contribution in [0.1, 0.15) is 69.9 Å². The van der Waals surface area contributed by atoms with Gasteiger partial charge in [-0.15, -0.1) is 0 Å². The van der Waals surface area contributed by atoms with E-state index in [-0.39, 0.29) is 18.4 Å². The van der Waals surface area contributed by atoms with Crippen LogP contribution < -0.4 is 5.32 Å². The highest BCUT2D eigenvalue weighted by molar-refractivity contribution is 5.93. The van der Waals surface area contributed by atoms with Crippen LogP contribution in [0.2, 0.25) is 0 Å². The normalized spacial score (nSPS) is 20.2. The molecule has 1 aliphatic heterocycles. The van der Waals surface area contributed by atoms with Crippen molar-refractivity contribution in [3.05, 3.63) is 11.8 Å². The largest absolute Gasteiger partial charge is 0.333 e. The first kappa shape index (κ1) is 18.0. The van der Waals surface area contributed by atoms with E-state index < -0.39 is 0 Å². The second-order valence-corrected chi connectivity index (χ2v) is 7.51. The lowest BCUT2D eigenvalue weighted by atomic mass is 9.86. The molecule has 25 heavy (non-hydrogen) atoms. The number of carbonyl (C=O) groups is 2. The van der Waals surface area contributed by atoms with Crippen LogP contribution in [0, 0.1) is 5.92 Å². The minimum atomic E-state index is -0.162. The Morgan fingerprint density at radius 3 is 2.76 bits per heavy atom. The lowest BCUT2D eigenvalue weighted by Crippen LogP contribution is -2.39. The summed E-state index contributed by atoms with van der Waals surface area (Å²) in [4.78, 5) is 26.1. The summed E-state index contributed by atoms with van der Waals surface area (Å²) in [5.41, 5.74) is 1.09. The lowest BCUT2D eigenvalue weighted by Gasteiger charge is -2.24. The number of H-pyrrole nitrogens is 1. The van der Waals surface area contributed by atoms with Crippen molar-refractivity contribution in [1.29, 1.82) is 0 Å². The molecule has 1 saturated carbocycles. The van der Waals surface area contributed by atoms with E-state index >= 15 is 0 Å². The van der Waals surface area contributed by atoms with E-state index in [1.807, 2.05) is 6.07 Å². The van der Waals surface area contributed by atoms with Crippen molar-refractivity contribution in [3.63, 3.8) is 0 Å². The molecule has 2 fully saturated rings. The van der Waals surface area contributed by atoms with Crippen molar-refractivity contribution in [3.8, 4) is 0 Å². The van der Waals surface area contributed by atoms with Crippen LogP contribution in [0.25, 0.3) is 0 Å². The van der Waals surface area contributed by atoms with Crippen LogP contribution in [0.15, 0.2) is 6.07 Å². The van der Waals surface area contributed by atoms with Crippen LogP contribution in [0.3, 0.4) is 0 Å². The number of aromatic nitrogens is 2. The van der Waals surface area contributed by atoms with E-state index in [2.05, 4.69) is 15.5 Å². The SMILES string of the molecule is O=C(CN1CCCCCCC1=O)Nc1cc(CC2CCCCC2)[nH]n1. The van der Waals surface area contributed by atoms with E-state index in [9.17, 15) is 9.59 Å². The van der Waals surface area contributed by atoms with E-state index in [1.54, 1.807) is 4.90 Å². The fourth-order valence-corrected chi connectivity index (χ4v) is 3.97. The predicted molar refractivity (Wildman–Crippen MR) is 97.2 cm³/mol. The molecule has 1 saturated heterocycles. The molecular formula is C19H30N4O2. The standard InChI is InChI=1S/C19H30N4O2/c24-18(14-23-11-7-2-1-6-10-19(23)25)20-17-13-16(21-22-17)12-15-8-4-3-5-9-15/h13,15H,1-12,14H2,(H2,20,21,22,24). The summed E-state index contributed by atoms with van der Waals surface area (Å²) >= 11 is 0. The second kappa shape index (κ2) is 9.02. The average Bonchev–Trinajstić information content (AvgIpc) is 3.02. The number of aromatic amines is 1. The quantitative estimate of drug-likeness (QED) is 0.859. The Labute approximate surface area is 149 Å². The summed E-state index contributed by atoms with van der Waals surface area (Å²) in [6.45, 7) is 0.809. The first-order valence-corrected chi connectivity index (χ1v) is 9.82. The van der Waals surface area contributed by atoms with Crippen molar-refractivity contribution in [1.82, 2.24) is 15.1 Å². The zero-order valence-electron chi connectivity index (χ0n) is 15.1. The maximum Gasteiger partial charge on any atom is 0.245 e. The van der Waals surface area contributed by atoms with Crippen LogP contribution in [-0.4, -0.2) is 40.0 Å². The predicted octanol–water partition coefficient (Wildman–Crippen LogP) is 3.26. The van der Waals surface area contributed by atoms with Crippen molar-refractivity contribution in [2.24, 2.45) is 5.92 Å². The summed E-state index contributed by atoms with van der Waals surface area (Å²) in [6, 6.07) is 1.93. The van der Waals surface area contributed by atoms with Crippen LogP contribution in [-0.2, 0) is 16.0 Å². The number of hydrogen-bond donors (Lipinski definition) is 2. The van der Waals surface area contributed by atoms with Crippen molar-refractivity contribution in [2.45, 2.75) is 70.6 Å². The van der Waals surface area contributed by atoms with Crippen molar-refractivity contribution in [2.75, 3.05) is 18.4 Å². The molecule has 138 valence electrons. The highest BCUT2D eigenvalue weighted by atomic mass is 16.2. The second-order valence-electron chi connectivity index (χ2n) is 7.51. The number of rotatable bonds is 5. The Hall–Kier alpha value is -1.85. The summed E-state index contributed by atoms with van der Waals surface area (Å²) < 4.78 is 0. The van der Waals surface area contributed by atoms with Gasteiger partial charge in [0.25, 0.3) is 0 Å². The van der Waals surface area contributed by atoms with Gasteiger partial charge in [0.2, 0.25) is 11.8 Å². The molecule has 3 rings (SSSR count). The van der Waals surface area contributed by atoms with Gasteiger partial charge in [0.15, 0.2) is 5.82 Å². The molecule has 2 N–H and O–H groups in total. The Morgan fingerprint density at radius 2 is 1.92 bits per heavy atom. The van der Waals surface area contributed by atoms with Gasteiger partial charge in [-0.25, -0.2) is 0 Å². The van der Waals surface area contributed by atoms with Gasteiger partial charge >= 0.3 is 0 Å². The molecule has 6 heteroatoms. The molecule has 2 amide bonds. The van der Waals surface area contributed by atoms with Gasteiger partial charge < -0.3 is 10.2 Å². The number of nitrogens with one attached hydrogen (secondary N) is 2. The average molecular weight is 346 g/mol. The Balaban J connectivity index is 1.48. The van der Waals surface area contributed by atoms with Crippen LogP contribution in [0.4, 0.5) is 5.82 Å². The molecule has 2 heterocycles. The van der Waals surface area contributed by atoms with Gasteiger partial charge in [-0.2, -0.15) is 5.10 Å². The summed E-state index contributed by atoms with van der Waals surface area (Å²) in [5.74, 6) is 1.23. The van der Waals surface area contributed by atoms with Crippen molar-refractivity contribution >= 4 is 17.6 Å². The number of likely N-dealkylation sites (tertiary alicyclic amines) is 1. The van der Waals surface area contributed by atoms with Crippen LogP contribution in [0.5, 0.6) is 0 Å². The molecule has 1 aromatic rings. The molecule has 1 aliphatic carbocycles. The van der Waals surface area contributed by atoms with Gasteiger partial charge in [-0.05, 0) is 25.2 Å². The molecule has 0 atom stereocenters. The van der Waals surface area contributed by atoms with Gasteiger partial charge in [0.1, 0.15) is 0 Å². The monoisotopic (exact) mass is 346 g/mol. The maximum atomic E-state index is 12.3. The molecule has 6 nitrogen and oxygen atoms in total. The number of amides is 2. The van der Waals surface area contributed by atoms with E-state index in [4.69, 9.17) is 0 Å². The highest BCUT2D eigenvalue weighted by Crippen LogP contribution is 2.26. The van der Waals surface area contributed by atoms with E-state index in [0.29, 0.717) is 18.8 Å². The molecule has 1 aromatic heterocycles. The van der Waals surface area contributed by atoms with Gasteiger partial charge in [0.05, 0.1) is 6.54 Å². The summed E-state index contributed by atoms with van der Waals surface area (Å²) in [5, 5.41) is 10.1. The smallest absolute Gasteiger partial charge is 0.245 e. The minimum absolute atomic E-state index is 0.0925. The molecule has 0 radical (unpaired) electrons. The minimum Gasteiger partial charge on any atom is -0.333 e. The van der Waals surface area contributed by atoms with E-state index in [1.165, 1.54) is 32.1 Å². The van der Waals surface area contributed by atoms with E-state index in [0.717, 1.165) is 43.7 Å². The topological polar surface area (TPSA) is 78.1 Å². The number of hydrogen-bond acceptors (Lipinski definition) is 3. The molecule has 0 aromatic carbocycles. The first-order valence-electron chi connectivity index (χ1n) is 9.82. The Bertz CT molecular complexity index is 578. The zero-order chi connectivity index (χ0) is 17.5. The number of carbonyl (C=O) groups excluding carboxylic acids is 2. The third-order valence-corrected chi connectivity index (χ3v) is 5.39. The lowest BCUT2D eigenvalue weighted by molar-refractivity contribution is -0.135. The zero-order valence-corrected chi connectivity index (χ0v) is 15.1. The van der Waals surface area contributed by atoms with Gasteiger partial charge in [-0.3, -0.25) is 14.7 Å². The molecular weight excluding hydrogens is 316 g/mol. The maximum absolute atomic E-state index is 12.3. The molecule has 0 bridgehead atoms. The van der Waals surface area contributed by atoms with Crippen molar-refractivity contribution < 1.29 is 9.59 Å². The number of nitrogens with zero attached hydrogens (tertiary/aromatic N) is 2. The fraction of sp³-hybridized carbons (Fsp3) is 0.737. The third-order valence-electron chi connectivity index (χ3n) is 5.39. The fourth-order valence-electron chi connectivity index (χ4n) is 3.97. The first-order chi connectivity index (χ1) is 12.2. The molecule has 2 aliphatic rings. The highest BCUT2D eigenvalue weighted by Gasteiger charge is 2.19.